The second-order valence-corrected chi connectivity index (χ2v) is 7.35. The molecule has 2 N–H and O–H groups in total. The summed E-state index contributed by atoms with van der Waals surface area (Å²) in [6.45, 7) is 6.59. The molecule has 0 amide bonds. The zero-order valence-electron chi connectivity index (χ0n) is 16.2. The minimum Gasteiger partial charge on any atom is -0.493 e. The lowest BCUT2D eigenvalue weighted by Gasteiger charge is -2.34. The van der Waals surface area contributed by atoms with Gasteiger partial charge in [0.05, 0.1) is 19.8 Å². The molecule has 1 aromatic rings. The molecule has 1 aromatic carbocycles. The van der Waals surface area contributed by atoms with Gasteiger partial charge in [0, 0.05) is 31.8 Å². The molecule has 0 spiro atoms. The highest BCUT2D eigenvalue weighted by Gasteiger charge is 2.30. The summed E-state index contributed by atoms with van der Waals surface area (Å²) in [6.07, 6.45) is 6.51. The quantitative estimate of drug-likeness (QED) is 0.558. The molecule has 0 aromatic heterocycles. The van der Waals surface area contributed by atoms with Gasteiger partial charge in [0.2, 0.25) is 0 Å². The van der Waals surface area contributed by atoms with Crippen LogP contribution in [0.5, 0.6) is 5.75 Å². The number of benzene rings is 1. The smallest absolute Gasteiger partial charge is 0.125 e. The molecule has 0 radical (unpaired) electrons. The first kappa shape index (κ1) is 21.2. The van der Waals surface area contributed by atoms with Gasteiger partial charge in [-0.05, 0) is 25.8 Å². The Morgan fingerprint density at radius 1 is 1.04 bits per heavy atom. The lowest BCUT2D eigenvalue weighted by atomic mass is 9.94. The van der Waals surface area contributed by atoms with E-state index in [9.17, 15) is 5.11 Å². The summed E-state index contributed by atoms with van der Waals surface area (Å²) >= 11 is 0. The molecule has 1 saturated heterocycles. The molecule has 5 nitrogen and oxygen atoms in total. The van der Waals surface area contributed by atoms with Crippen LogP contribution in [-0.2, 0) is 10.3 Å². The number of para-hydroxylation sites is 1. The summed E-state index contributed by atoms with van der Waals surface area (Å²) in [6, 6.07) is 7.82. The maximum absolute atomic E-state index is 11.1. The number of rotatable bonds is 12. The van der Waals surface area contributed by atoms with Crippen molar-refractivity contribution < 1.29 is 19.7 Å². The number of morpholine rings is 1. The molecule has 2 rings (SSSR count). The Morgan fingerprint density at radius 2 is 1.69 bits per heavy atom. The minimum absolute atomic E-state index is 0.296. The van der Waals surface area contributed by atoms with Gasteiger partial charge in [-0.15, -0.1) is 0 Å². The number of ether oxygens (including phenoxy) is 2. The van der Waals surface area contributed by atoms with Crippen LogP contribution < -0.4 is 4.74 Å². The van der Waals surface area contributed by atoms with E-state index >= 15 is 0 Å². The zero-order chi connectivity index (χ0) is 18.7. The third-order valence-electron chi connectivity index (χ3n) is 4.91. The van der Waals surface area contributed by atoms with Crippen LogP contribution in [0, 0.1) is 0 Å². The van der Waals surface area contributed by atoms with Crippen LogP contribution in [0.2, 0.25) is 0 Å². The van der Waals surface area contributed by atoms with E-state index in [2.05, 4.69) is 4.90 Å². The first-order valence-electron chi connectivity index (χ1n) is 9.99. The molecule has 1 atom stereocenters. The minimum atomic E-state index is -0.946. The fourth-order valence-corrected chi connectivity index (χ4v) is 3.42. The molecule has 0 aliphatic carbocycles. The molecule has 1 heterocycles. The van der Waals surface area contributed by atoms with Crippen molar-refractivity contribution in [2.45, 2.75) is 51.0 Å². The number of unbranched alkanes of at least 4 members (excludes halogenated alkanes) is 5. The van der Waals surface area contributed by atoms with E-state index in [1.165, 1.54) is 12.8 Å². The van der Waals surface area contributed by atoms with Gasteiger partial charge in [-0.1, -0.05) is 43.9 Å². The van der Waals surface area contributed by atoms with E-state index in [4.69, 9.17) is 14.6 Å². The molecule has 1 aliphatic heterocycles. The molecule has 26 heavy (non-hydrogen) atoms. The van der Waals surface area contributed by atoms with Crippen LogP contribution in [0.25, 0.3) is 0 Å². The van der Waals surface area contributed by atoms with Gasteiger partial charge in [-0.3, -0.25) is 4.90 Å². The van der Waals surface area contributed by atoms with E-state index in [1.54, 1.807) is 0 Å². The summed E-state index contributed by atoms with van der Waals surface area (Å²) in [7, 11) is 0. The van der Waals surface area contributed by atoms with Gasteiger partial charge in [0.15, 0.2) is 0 Å². The van der Waals surface area contributed by atoms with Crippen LogP contribution in [0.3, 0.4) is 0 Å². The van der Waals surface area contributed by atoms with E-state index in [0.29, 0.717) is 19.8 Å². The van der Waals surface area contributed by atoms with E-state index in [-0.39, 0.29) is 0 Å². The van der Waals surface area contributed by atoms with Gasteiger partial charge in [-0.25, -0.2) is 0 Å². The van der Waals surface area contributed by atoms with Gasteiger partial charge in [-0.2, -0.15) is 0 Å². The van der Waals surface area contributed by atoms with Gasteiger partial charge < -0.3 is 19.7 Å². The predicted molar refractivity (Wildman–Crippen MR) is 104 cm³/mol. The van der Waals surface area contributed by atoms with Crippen LogP contribution in [-0.4, -0.2) is 61.2 Å². The molecule has 1 unspecified atom stereocenters. The Kier molecular flexibility index (Phi) is 9.40. The molecule has 1 fully saturated rings. The first-order valence-corrected chi connectivity index (χ1v) is 9.99. The van der Waals surface area contributed by atoms with Crippen molar-refractivity contribution in [2.24, 2.45) is 0 Å². The molecular formula is C21H35NO4. The first-order chi connectivity index (χ1) is 12.6. The number of aliphatic hydroxyl groups excluding tert-OH is 1. The zero-order valence-corrected chi connectivity index (χ0v) is 16.2. The summed E-state index contributed by atoms with van der Waals surface area (Å²) in [4.78, 5) is 2.24. The van der Waals surface area contributed by atoms with Crippen molar-refractivity contribution in [1.82, 2.24) is 4.90 Å². The Balaban J connectivity index is 1.80. The van der Waals surface area contributed by atoms with Gasteiger partial charge in [0.25, 0.3) is 0 Å². The van der Waals surface area contributed by atoms with Crippen molar-refractivity contribution in [1.29, 1.82) is 0 Å². The Morgan fingerprint density at radius 3 is 2.42 bits per heavy atom. The van der Waals surface area contributed by atoms with E-state index in [1.807, 2.05) is 31.2 Å². The van der Waals surface area contributed by atoms with Gasteiger partial charge >= 0.3 is 0 Å². The van der Waals surface area contributed by atoms with Gasteiger partial charge in [0.1, 0.15) is 11.4 Å². The lowest BCUT2D eigenvalue weighted by Crippen LogP contribution is -2.44. The topological polar surface area (TPSA) is 62.2 Å². The summed E-state index contributed by atoms with van der Waals surface area (Å²) in [5, 5.41) is 19.8. The van der Waals surface area contributed by atoms with Crippen LogP contribution in [0.4, 0.5) is 0 Å². The second-order valence-electron chi connectivity index (χ2n) is 7.35. The van der Waals surface area contributed by atoms with Crippen molar-refractivity contribution in [3.63, 3.8) is 0 Å². The molecule has 1 aliphatic rings. The van der Waals surface area contributed by atoms with Crippen LogP contribution >= 0.6 is 0 Å². The maximum Gasteiger partial charge on any atom is 0.125 e. The molecule has 5 heteroatoms. The monoisotopic (exact) mass is 365 g/mol. The SMILES string of the molecule is CC(O)(CN1CCOCC1)c1ccccc1OCCCCCCCCO. The second kappa shape index (κ2) is 11.5. The lowest BCUT2D eigenvalue weighted by molar-refractivity contribution is -0.0265. The largest absolute Gasteiger partial charge is 0.493 e. The fourth-order valence-electron chi connectivity index (χ4n) is 3.42. The van der Waals surface area contributed by atoms with Crippen molar-refractivity contribution in [3.8, 4) is 5.75 Å². The number of hydrogen-bond donors (Lipinski definition) is 2. The molecular weight excluding hydrogens is 330 g/mol. The highest BCUT2D eigenvalue weighted by atomic mass is 16.5. The fraction of sp³-hybridized carbons (Fsp3) is 0.714. The van der Waals surface area contributed by atoms with E-state index < -0.39 is 5.60 Å². The normalized spacial score (nSPS) is 17.8. The summed E-state index contributed by atoms with van der Waals surface area (Å²) in [5.74, 6) is 0.783. The number of aliphatic hydroxyl groups is 2. The van der Waals surface area contributed by atoms with Crippen molar-refractivity contribution in [2.75, 3.05) is 46.1 Å². The van der Waals surface area contributed by atoms with E-state index in [0.717, 1.165) is 63.3 Å². The molecule has 0 saturated carbocycles. The van der Waals surface area contributed by atoms with Crippen LogP contribution in [0.1, 0.15) is 51.0 Å². The summed E-state index contributed by atoms with van der Waals surface area (Å²) in [5.41, 5.74) is -0.0902. The highest BCUT2D eigenvalue weighted by molar-refractivity contribution is 5.38. The third kappa shape index (κ3) is 7.23. The number of hydrogen-bond acceptors (Lipinski definition) is 5. The Hall–Kier alpha value is -1.14. The Labute approximate surface area is 157 Å². The number of nitrogens with zero attached hydrogens (tertiary/aromatic N) is 1. The van der Waals surface area contributed by atoms with Crippen LogP contribution in [0.15, 0.2) is 24.3 Å². The highest BCUT2D eigenvalue weighted by Crippen LogP contribution is 2.31. The third-order valence-corrected chi connectivity index (χ3v) is 4.91. The standard InChI is InChI=1S/C21H35NO4/c1-21(24,18-22-12-16-25-17-13-22)19-10-6-7-11-20(19)26-15-9-5-3-2-4-8-14-23/h6-7,10-11,23-24H,2-5,8-9,12-18H2,1H3. The van der Waals surface area contributed by atoms with Crippen molar-refractivity contribution >= 4 is 0 Å². The predicted octanol–water partition coefficient (Wildman–Crippen LogP) is 2.94. The summed E-state index contributed by atoms with van der Waals surface area (Å²) < 4.78 is 11.4. The Bertz CT molecular complexity index is 501. The molecule has 148 valence electrons. The molecule has 0 bridgehead atoms. The number of β-amino-alcohol motifs (C(OH)–C–C–N with tert-alkyl or cyclic N) is 1. The van der Waals surface area contributed by atoms with Crippen molar-refractivity contribution in [3.05, 3.63) is 29.8 Å². The average Bonchev–Trinajstić information content (AvgIpc) is 2.65. The average molecular weight is 366 g/mol. The maximum atomic E-state index is 11.1.